The number of nitrogens with one attached hydrogen (secondary N) is 1. The van der Waals surface area contributed by atoms with Gasteiger partial charge in [0.1, 0.15) is 11.9 Å². The van der Waals surface area contributed by atoms with Crippen molar-refractivity contribution in [1.82, 2.24) is 4.90 Å². The van der Waals surface area contributed by atoms with Gasteiger partial charge in [-0.05, 0) is 53.8 Å². The number of fused-ring (bicyclic) bond motifs is 1. The van der Waals surface area contributed by atoms with Crippen molar-refractivity contribution >= 4 is 17.3 Å². The first-order chi connectivity index (χ1) is 17.8. The number of rotatable bonds is 9. The third kappa shape index (κ3) is 6.06. The number of carboxylic acid groups (broad SMARTS) is 1. The second-order valence-corrected chi connectivity index (χ2v) is 9.80. The smallest absolute Gasteiger partial charge is 0.304 e. The van der Waals surface area contributed by atoms with Gasteiger partial charge < -0.3 is 25.6 Å². The van der Waals surface area contributed by atoms with Crippen LogP contribution in [-0.4, -0.2) is 49.4 Å². The molecule has 0 aromatic heterocycles. The first-order valence-electron chi connectivity index (χ1n) is 12.6. The summed E-state index contributed by atoms with van der Waals surface area (Å²) < 4.78 is 11.7. The number of nitrogens with zero attached hydrogens (tertiary/aromatic N) is 1. The summed E-state index contributed by atoms with van der Waals surface area (Å²) in [5.74, 6) is -0.247. The molecule has 0 aliphatic carbocycles. The van der Waals surface area contributed by atoms with E-state index in [0.717, 1.165) is 53.3 Å². The number of benzene rings is 3. The van der Waals surface area contributed by atoms with Gasteiger partial charge in [-0.1, -0.05) is 42.5 Å². The normalized spacial score (nSPS) is 16.4. The number of nitrogen functional groups attached to an aromatic ring is 1. The van der Waals surface area contributed by atoms with E-state index in [9.17, 15) is 9.90 Å². The summed E-state index contributed by atoms with van der Waals surface area (Å²) in [4.78, 5) is 14.3. The number of aliphatic carboxylic acids is 1. The van der Waals surface area contributed by atoms with E-state index >= 15 is 0 Å². The molecule has 1 heterocycles. The van der Waals surface area contributed by atoms with Crippen LogP contribution < -0.4 is 15.8 Å². The van der Waals surface area contributed by atoms with Crippen LogP contribution in [0.25, 0.3) is 0 Å². The summed E-state index contributed by atoms with van der Waals surface area (Å²) >= 11 is 0. The lowest BCUT2D eigenvalue weighted by Crippen LogP contribution is -2.35. The molecule has 7 heteroatoms. The summed E-state index contributed by atoms with van der Waals surface area (Å²) in [5.41, 5.74) is 14.2. The highest BCUT2D eigenvalue weighted by Crippen LogP contribution is 2.36. The van der Waals surface area contributed by atoms with Gasteiger partial charge in [0.15, 0.2) is 0 Å². The number of ether oxygens (including phenoxy) is 2. The molecule has 7 nitrogen and oxygen atoms in total. The van der Waals surface area contributed by atoms with Crippen molar-refractivity contribution in [3.8, 4) is 5.75 Å². The average Bonchev–Trinajstić information content (AvgIpc) is 3.04. The second-order valence-electron chi connectivity index (χ2n) is 9.80. The molecule has 2 unspecified atom stereocenters. The monoisotopic (exact) mass is 503 g/mol. The molecule has 0 bridgehead atoms. The zero-order valence-electron chi connectivity index (χ0n) is 22.1. The van der Waals surface area contributed by atoms with E-state index in [1.807, 2.05) is 50.4 Å². The lowest BCUT2D eigenvalue weighted by Gasteiger charge is -2.26. The number of carboxylic acids is 1. The molecule has 2 atom stereocenters. The first kappa shape index (κ1) is 26.5. The number of hydrogen-bond donors (Lipinski definition) is 3. The molecular formula is C30H37N3O4. The number of nitrogens with two attached hydrogens (primary N) is 1. The predicted octanol–water partition coefficient (Wildman–Crippen LogP) is 4.94. The van der Waals surface area contributed by atoms with Gasteiger partial charge in [-0.15, -0.1) is 0 Å². The largest absolute Gasteiger partial charge is 0.486 e. The van der Waals surface area contributed by atoms with Crippen molar-refractivity contribution in [2.45, 2.75) is 45.4 Å². The number of hydrogen-bond acceptors (Lipinski definition) is 6. The molecule has 0 saturated carbocycles. The van der Waals surface area contributed by atoms with Crippen molar-refractivity contribution in [1.29, 1.82) is 0 Å². The van der Waals surface area contributed by atoms with Crippen LogP contribution in [0.2, 0.25) is 0 Å². The summed E-state index contributed by atoms with van der Waals surface area (Å²) in [6.07, 6.45) is -0.0871. The molecule has 3 aromatic carbocycles. The van der Waals surface area contributed by atoms with Crippen LogP contribution in [0.4, 0.5) is 11.4 Å². The molecule has 1 aliphatic heterocycles. The summed E-state index contributed by atoms with van der Waals surface area (Å²) in [5, 5.41) is 12.9. The fraction of sp³-hybridized carbons (Fsp3) is 0.367. The van der Waals surface area contributed by atoms with Crippen LogP contribution in [0.3, 0.4) is 0 Å². The summed E-state index contributed by atoms with van der Waals surface area (Å²) in [6.45, 7) is 6.78. The minimum absolute atomic E-state index is 0.0114. The van der Waals surface area contributed by atoms with Crippen LogP contribution >= 0.6 is 0 Å². The van der Waals surface area contributed by atoms with Crippen LogP contribution in [0.15, 0.2) is 54.6 Å². The number of anilines is 2. The van der Waals surface area contributed by atoms with E-state index < -0.39 is 5.97 Å². The van der Waals surface area contributed by atoms with Crippen molar-refractivity contribution < 1.29 is 19.4 Å². The fourth-order valence-corrected chi connectivity index (χ4v) is 5.20. The second kappa shape index (κ2) is 11.7. The van der Waals surface area contributed by atoms with Crippen LogP contribution in [-0.2, 0) is 22.6 Å². The Morgan fingerprint density at radius 3 is 2.73 bits per heavy atom. The molecule has 0 saturated heterocycles. The van der Waals surface area contributed by atoms with Crippen LogP contribution in [0, 0.1) is 13.8 Å². The van der Waals surface area contributed by atoms with Gasteiger partial charge in [0, 0.05) is 45.3 Å². The number of carbonyl (C=O) groups is 1. The standard InChI is InChI=1S/C30H37N3O4/c1-19-9-10-21(26(14-29(34)35)25-11-12-27(32-3)30(31)20(25)2)13-23(19)16-33-15-22-7-5-6-8-28(22)37-24(17-33)18-36-4/h5-13,24,26,32H,14-18,31H2,1-4H3,(H,34,35). The Hall–Kier alpha value is -3.55. The Kier molecular flexibility index (Phi) is 8.36. The molecule has 1 aliphatic rings. The number of aryl methyl sites for hydroxylation is 1. The highest BCUT2D eigenvalue weighted by Gasteiger charge is 2.25. The van der Waals surface area contributed by atoms with E-state index in [1.165, 1.54) is 11.1 Å². The Morgan fingerprint density at radius 1 is 1.22 bits per heavy atom. The maximum Gasteiger partial charge on any atom is 0.304 e. The third-order valence-electron chi connectivity index (χ3n) is 7.22. The quantitative estimate of drug-likeness (QED) is 0.356. The zero-order valence-corrected chi connectivity index (χ0v) is 22.1. The van der Waals surface area contributed by atoms with Crippen LogP contribution in [0.5, 0.6) is 5.75 Å². The molecule has 4 rings (SSSR count). The molecule has 4 N–H and O–H groups in total. The fourth-order valence-electron chi connectivity index (χ4n) is 5.20. The Labute approximate surface area is 219 Å². The summed E-state index contributed by atoms with van der Waals surface area (Å²) in [6, 6.07) is 18.3. The SMILES string of the molecule is CNc1ccc(C(CC(=O)O)c2ccc(C)c(CN3Cc4ccccc4OC(COC)C3)c2)c(C)c1N. The van der Waals surface area contributed by atoms with Crippen molar-refractivity contribution in [3.05, 3.63) is 88.0 Å². The lowest BCUT2D eigenvalue weighted by molar-refractivity contribution is -0.137. The molecule has 196 valence electrons. The maximum atomic E-state index is 11.9. The maximum absolute atomic E-state index is 11.9. The van der Waals surface area contributed by atoms with E-state index in [4.69, 9.17) is 15.2 Å². The number of methoxy groups -OCH3 is 1. The Balaban J connectivity index is 1.68. The van der Waals surface area contributed by atoms with E-state index in [2.05, 4.69) is 35.3 Å². The molecule has 37 heavy (non-hydrogen) atoms. The summed E-state index contributed by atoms with van der Waals surface area (Å²) in [7, 11) is 3.52. The molecule has 0 amide bonds. The molecule has 0 fully saturated rings. The third-order valence-corrected chi connectivity index (χ3v) is 7.22. The van der Waals surface area contributed by atoms with Gasteiger partial charge in [-0.2, -0.15) is 0 Å². The van der Waals surface area contributed by atoms with Crippen molar-refractivity contribution in [2.24, 2.45) is 0 Å². The minimum atomic E-state index is -0.841. The van der Waals surface area contributed by atoms with E-state index in [1.54, 1.807) is 7.11 Å². The topological polar surface area (TPSA) is 97.0 Å². The van der Waals surface area contributed by atoms with Gasteiger partial charge >= 0.3 is 5.97 Å². The van der Waals surface area contributed by atoms with Gasteiger partial charge in [-0.3, -0.25) is 9.69 Å². The minimum Gasteiger partial charge on any atom is -0.486 e. The number of para-hydroxylation sites is 1. The van der Waals surface area contributed by atoms with Crippen molar-refractivity contribution in [3.63, 3.8) is 0 Å². The molecule has 3 aromatic rings. The highest BCUT2D eigenvalue weighted by atomic mass is 16.5. The average molecular weight is 504 g/mol. The highest BCUT2D eigenvalue weighted by molar-refractivity contribution is 5.74. The van der Waals surface area contributed by atoms with Gasteiger partial charge in [0.05, 0.1) is 24.4 Å². The Bertz CT molecular complexity index is 1260. The molecule has 0 radical (unpaired) electrons. The van der Waals surface area contributed by atoms with Gasteiger partial charge in [0.2, 0.25) is 0 Å². The van der Waals surface area contributed by atoms with Gasteiger partial charge in [0.25, 0.3) is 0 Å². The molecule has 0 spiro atoms. The van der Waals surface area contributed by atoms with E-state index in [0.29, 0.717) is 12.3 Å². The van der Waals surface area contributed by atoms with E-state index in [-0.39, 0.29) is 18.4 Å². The van der Waals surface area contributed by atoms with Gasteiger partial charge in [-0.25, -0.2) is 0 Å². The van der Waals surface area contributed by atoms with Crippen LogP contribution in [0.1, 0.15) is 45.7 Å². The predicted molar refractivity (Wildman–Crippen MR) is 147 cm³/mol. The Morgan fingerprint density at radius 2 is 2.00 bits per heavy atom. The van der Waals surface area contributed by atoms with Crippen molar-refractivity contribution in [2.75, 3.05) is 38.4 Å². The first-order valence-corrected chi connectivity index (χ1v) is 12.6. The molecular weight excluding hydrogens is 466 g/mol. The lowest BCUT2D eigenvalue weighted by atomic mass is 9.84. The zero-order chi connectivity index (χ0) is 26.5.